The highest BCUT2D eigenvalue weighted by atomic mass is 35.5. The molecule has 8 heteroatoms. The molecule has 1 N–H and O–H groups in total. The molecule has 0 aromatic heterocycles. The van der Waals surface area contributed by atoms with Crippen LogP contribution in [-0.4, -0.2) is 17.4 Å². The second-order valence-electron chi connectivity index (χ2n) is 6.94. The summed E-state index contributed by atoms with van der Waals surface area (Å²) in [6.45, 7) is 0.299. The fourth-order valence-electron chi connectivity index (χ4n) is 3.33. The van der Waals surface area contributed by atoms with Gasteiger partial charge in [-0.05, 0) is 59.7 Å². The molecule has 0 atom stereocenters. The van der Waals surface area contributed by atoms with E-state index in [1.165, 1.54) is 12.1 Å². The van der Waals surface area contributed by atoms with Crippen LogP contribution in [0.15, 0.2) is 48.2 Å². The van der Waals surface area contributed by atoms with Crippen LogP contribution in [0.5, 0.6) is 5.75 Å². The number of carboxylic acids is 1. The van der Waals surface area contributed by atoms with E-state index in [4.69, 9.17) is 21.4 Å². The second kappa shape index (κ2) is 9.43. The number of benzene rings is 2. The van der Waals surface area contributed by atoms with Crippen molar-refractivity contribution in [2.24, 2.45) is 0 Å². The lowest BCUT2D eigenvalue weighted by atomic mass is 10.0. The Morgan fingerprint density at radius 2 is 1.83 bits per heavy atom. The van der Waals surface area contributed by atoms with E-state index in [0.717, 1.165) is 47.3 Å². The molecule has 30 heavy (non-hydrogen) atoms. The molecule has 0 amide bonds. The third-order valence-corrected chi connectivity index (χ3v) is 5.09. The molecule has 0 radical (unpaired) electrons. The number of aliphatic carboxylic acids is 1. The third-order valence-electron chi connectivity index (χ3n) is 4.74. The molecule has 0 aliphatic heterocycles. The van der Waals surface area contributed by atoms with Crippen LogP contribution in [0.4, 0.5) is 13.2 Å². The lowest BCUT2D eigenvalue weighted by Gasteiger charge is -2.13. The van der Waals surface area contributed by atoms with Crippen molar-refractivity contribution in [1.29, 1.82) is 0 Å². The normalized spacial score (nSPS) is 14.1. The number of carboxylic acid groups (broad SMARTS) is 1. The van der Waals surface area contributed by atoms with Crippen LogP contribution >= 0.6 is 11.6 Å². The summed E-state index contributed by atoms with van der Waals surface area (Å²) in [5.74, 6) is -0.326. The van der Waals surface area contributed by atoms with Gasteiger partial charge in [-0.25, -0.2) is 0 Å². The van der Waals surface area contributed by atoms with Crippen LogP contribution < -0.4 is 4.74 Å². The predicted octanol–water partition coefficient (Wildman–Crippen LogP) is 6.37. The highest BCUT2D eigenvalue weighted by Gasteiger charge is 2.31. The topological polar surface area (TPSA) is 55.8 Å². The summed E-state index contributed by atoms with van der Waals surface area (Å²) >= 11 is 6.24. The minimum Gasteiger partial charge on any atom is -0.493 e. The quantitative estimate of drug-likeness (QED) is 0.518. The highest BCUT2D eigenvalue weighted by molar-refractivity contribution is 6.31. The largest absolute Gasteiger partial charge is 0.573 e. The minimum atomic E-state index is -4.72. The molecule has 3 rings (SSSR count). The number of allylic oxidation sites excluding steroid dienone is 2. The standard InChI is InChI=1S/C22H20ClF3O4/c23-19-12-14(4-5-16(19)8-11-21(27)28)13-29-20-3-1-2-18(20)15-6-9-17(10-7-15)30-22(24,25)26/h4-7,9-10,12H,1-3,8,11,13H2,(H,27,28). The zero-order valence-electron chi connectivity index (χ0n) is 16.0. The maximum absolute atomic E-state index is 12.3. The van der Waals surface area contributed by atoms with Gasteiger partial charge in [-0.15, -0.1) is 13.2 Å². The van der Waals surface area contributed by atoms with Gasteiger partial charge in [0, 0.05) is 17.9 Å². The Morgan fingerprint density at radius 3 is 2.47 bits per heavy atom. The number of rotatable bonds is 8. The Bertz CT molecular complexity index is 936. The van der Waals surface area contributed by atoms with Crippen molar-refractivity contribution in [3.05, 3.63) is 69.9 Å². The first-order valence-electron chi connectivity index (χ1n) is 9.41. The molecule has 2 aromatic rings. The molecule has 1 aliphatic carbocycles. The van der Waals surface area contributed by atoms with Gasteiger partial charge in [-0.2, -0.15) is 0 Å². The first-order chi connectivity index (χ1) is 14.2. The fraction of sp³-hybridized carbons (Fsp3) is 0.318. The molecule has 0 fully saturated rings. The van der Waals surface area contributed by atoms with Crippen LogP contribution in [0.1, 0.15) is 42.4 Å². The highest BCUT2D eigenvalue weighted by Crippen LogP contribution is 2.36. The van der Waals surface area contributed by atoms with Gasteiger partial charge >= 0.3 is 12.3 Å². The van der Waals surface area contributed by atoms with E-state index >= 15 is 0 Å². The summed E-state index contributed by atoms with van der Waals surface area (Å²) in [6.07, 6.45) is -1.91. The van der Waals surface area contributed by atoms with Gasteiger partial charge in [0.05, 0.1) is 0 Å². The number of ether oxygens (including phenoxy) is 2. The van der Waals surface area contributed by atoms with Gasteiger partial charge in [0.15, 0.2) is 0 Å². The van der Waals surface area contributed by atoms with Crippen molar-refractivity contribution in [2.75, 3.05) is 0 Å². The van der Waals surface area contributed by atoms with Crippen molar-refractivity contribution >= 4 is 23.1 Å². The molecule has 160 valence electrons. The molecule has 0 saturated carbocycles. The van der Waals surface area contributed by atoms with Crippen molar-refractivity contribution in [1.82, 2.24) is 0 Å². The molecule has 0 saturated heterocycles. The lowest BCUT2D eigenvalue weighted by molar-refractivity contribution is -0.274. The van der Waals surface area contributed by atoms with Crippen molar-refractivity contribution in [3.63, 3.8) is 0 Å². The monoisotopic (exact) mass is 440 g/mol. The van der Waals surface area contributed by atoms with Crippen LogP contribution in [0.2, 0.25) is 5.02 Å². The van der Waals surface area contributed by atoms with Gasteiger partial charge in [0.2, 0.25) is 0 Å². The molecule has 0 bridgehead atoms. The Morgan fingerprint density at radius 1 is 1.10 bits per heavy atom. The number of carbonyl (C=O) groups is 1. The van der Waals surface area contributed by atoms with Gasteiger partial charge in [0.1, 0.15) is 18.1 Å². The Hall–Kier alpha value is -2.67. The number of aryl methyl sites for hydroxylation is 1. The summed E-state index contributed by atoms with van der Waals surface area (Å²) in [7, 11) is 0. The van der Waals surface area contributed by atoms with Crippen LogP contribution in [-0.2, 0) is 22.6 Å². The summed E-state index contributed by atoms with van der Waals surface area (Å²) < 4.78 is 46.8. The first-order valence-corrected chi connectivity index (χ1v) is 9.79. The molecule has 0 heterocycles. The predicted molar refractivity (Wildman–Crippen MR) is 106 cm³/mol. The van der Waals surface area contributed by atoms with Gasteiger partial charge in [-0.3, -0.25) is 4.79 Å². The summed E-state index contributed by atoms with van der Waals surface area (Å²) in [5.41, 5.74) is 3.40. The van der Waals surface area contributed by atoms with E-state index in [-0.39, 0.29) is 12.2 Å². The molecule has 0 spiro atoms. The number of alkyl halides is 3. The molecule has 0 unspecified atom stereocenters. The lowest BCUT2D eigenvalue weighted by Crippen LogP contribution is -2.17. The van der Waals surface area contributed by atoms with E-state index in [9.17, 15) is 18.0 Å². The smallest absolute Gasteiger partial charge is 0.493 e. The number of hydrogen-bond acceptors (Lipinski definition) is 3. The molecule has 4 nitrogen and oxygen atoms in total. The Balaban J connectivity index is 1.66. The van der Waals surface area contributed by atoms with E-state index in [1.807, 2.05) is 6.07 Å². The van der Waals surface area contributed by atoms with Gasteiger partial charge in [-0.1, -0.05) is 35.9 Å². The Labute approximate surface area is 176 Å². The Kier molecular flexibility index (Phi) is 6.92. The third kappa shape index (κ3) is 6.16. The zero-order chi connectivity index (χ0) is 21.7. The van der Waals surface area contributed by atoms with E-state index in [0.29, 0.717) is 18.1 Å². The summed E-state index contributed by atoms with van der Waals surface area (Å²) in [6, 6.07) is 11.2. The molecular formula is C22H20ClF3O4. The number of hydrogen-bond donors (Lipinski definition) is 1. The van der Waals surface area contributed by atoms with Crippen LogP contribution in [0.3, 0.4) is 0 Å². The molecule has 2 aromatic carbocycles. The van der Waals surface area contributed by atoms with E-state index in [2.05, 4.69) is 4.74 Å². The second-order valence-corrected chi connectivity index (χ2v) is 7.34. The van der Waals surface area contributed by atoms with Crippen molar-refractivity contribution in [2.45, 2.75) is 45.1 Å². The summed E-state index contributed by atoms with van der Waals surface area (Å²) in [4.78, 5) is 10.7. The zero-order valence-corrected chi connectivity index (χ0v) is 16.7. The van der Waals surface area contributed by atoms with Crippen molar-refractivity contribution < 1.29 is 32.5 Å². The van der Waals surface area contributed by atoms with Crippen LogP contribution in [0, 0.1) is 0 Å². The summed E-state index contributed by atoms with van der Waals surface area (Å²) in [5, 5.41) is 9.28. The maximum Gasteiger partial charge on any atom is 0.573 e. The van der Waals surface area contributed by atoms with Crippen LogP contribution in [0.25, 0.3) is 5.57 Å². The molecular weight excluding hydrogens is 421 g/mol. The average molecular weight is 441 g/mol. The fourth-order valence-corrected chi connectivity index (χ4v) is 3.63. The van der Waals surface area contributed by atoms with E-state index < -0.39 is 12.3 Å². The van der Waals surface area contributed by atoms with E-state index in [1.54, 1.807) is 24.3 Å². The maximum atomic E-state index is 12.3. The van der Waals surface area contributed by atoms with Gasteiger partial charge in [0.25, 0.3) is 0 Å². The number of halogens is 4. The first kappa shape index (κ1) is 22.0. The van der Waals surface area contributed by atoms with Crippen molar-refractivity contribution in [3.8, 4) is 5.75 Å². The average Bonchev–Trinajstić information content (AvgIpc) is 3.13. The SMILES string of the molecule is O=C(O)CCc1ccc(COC2=C(c3ccc(OC(F)(F)F)cc3)CCC2)cc1Cl. The van der Waals surface area contributed by atoms with Gasteiger partial charge < -0.3 is 14.6 Å². The molecule has 1 aliphatic rings. The minimum absolute atomic E-state index is 0.0125.